The number of H-pyrrole nitrogens is 1. The van der Waals surface area contributed by atoms with Gasteiger partial charge < -0.3 is 10.6 Å². The average Bonchev–Trinajstić information content (AvgIpc) is 2.89. The number of rotatable bonds is 3. The predicted molar refractivity (Wildman–Crippen MR) is 63.7 cm³/mol. The van der Waals surface area contributed by atoms with E-state index in [4.69, 9.17) is 0 Å². The SMILES string of the molecule is O=C(NCc1ncn[nH]1)Nc1ccc(C(F)(F)F)cc1. The molecule has 1 aromatic heterocycles. The number of aromatic amines is 1. The lowest BCUT2D eigenvalue weighted by atomic mass is 10.2. The Hall–Kier alpha value is -2.58. The molecule has 0 aliphatic carbocycles. The number of carbonyl (C=O) groups is 1. The lowest BCUT2D eigenvalue weighted by Crippen LogP contribution is -2.28. The number of urea groups is 1. The molecule has 3 N–H and O–H groups in total. The Morgan fingerprint density at radius 3 is 2.50 bits per heavy atom. The number of amides is 2. The normalized spacial score (nSPS) is 11.2. The molecule has 0 saturated heterocycles. The molecule has 0 aliphatic heterocycles. The summed E-state index contributed by atoms with van der Waals surface area (Å²) in [5.41, 5.74) is -0.516. The number of hydrogen-bond acceptors (Lipinski definition) is 3. The van der Waals surface area contributed by atoms with Crippen molar-refractivity contribution < 1.29 is 18.0 Å². The molecule has 106 valence electrons. The van der Waals surface area contributed by atoms with Crippen molar-refractivity contribution in [1.29, 1.82) is 0 Å². The van der Waals surface area contributed by atoms with Gasteiger partial charge in [0, 0.05) is 5.69 Å². The molecule has 6 nitrogen and oxygen atoms in total. The molecule has 2 amide bonds. The molecule has 0 radical (unpaired) electrons. The smallest absolute Gasteiger partial charge is 0.331 e. The van der Waals surface area contributed by atoms with E-state index in [9.17, 15) is 18.0 Å². The van der Waals surface area contributed by atoms with E-state index >= 15 is 0 Å². The summed E-state index contributed by atoms with van der Waals surface area (Å²) in [6.45, 7) is 0.131. The molecule has 1 heterocycles. The Kier molecular flexibility index (Phi) is 3.87. The second-order valence-corrected chi connectivity index (χ2v) is 3.81. The molecule has 0 saturated carbocycles. The summed E-state index contributed by atoms with van der Waals surface area (Å²) >= 11 is 0. The van der Waals surface area contributed by atoms with Crippen LogP contribution in [0.25, 0.3) is 0 Å². The second-order valence-electron chi connectivity index (χ2n) is 3.81. The first-order chi connectivity index (χ1) is 9.45. The third-order valence-electron chi connectivity index (χ3n) is 2.35. The van der Waals surface area contributed by atoms with Crippen LogP contribution in [0.15, 0.2) is 30.6 Å². The summed E-state index contributed by atoms with van der Waals surface area (Å²) in [6.07, 6.45) is -3.10. The largest absolute Gasteiger partial charge is 0.416 e. The number of hydrogen-bond donors (Lipinski definition) is 3. The van der Waals surface area contributed by atoms with E-state index < -0.39 is 17.8 Å². The van der Waals surface area contributed by atoms with Gasteiger partial charge in [-0.3, -0.25) is 5.10 Å². The molecule has 0 bridgehead atoms. The van der Waals surface area contributed by atoms with Crippen LogP contribution in [-0.2, 0) is 12.7 Å². The first-order valence-electron chi connectivity index (χ1n) is 5.51. The Labute approximate surface area is 111 Å². The van der Waals surface area contributed by atoms with Crippen molar-refractivity contribution in [3.63, 3.8) is 0 Å². The van der Waals surface area contributed by atoms with Crippen LogP contribution in [0.3, 0.4) is 0 Å². The maximum Gasteiger partial charge on any atom is 0.416 e. The van der Waals surface area contributed by atoms with Crippen LogP contribution in [-0.4, -0.2) is 21.2 Å². The van der Waals surface area contributed by atoms with Crippen molar-refractivity contribution in [2.24, 2.45) is 0 Å². The maximum atomic E-state index is 12.3. The highest BCUT2D eigenvalue weighted by Gasteiger charge is 2.29. The molecule has 1 aromatic carbocycles. The van der Waals surface area contributed by atoms with Crippen LogP contribution in [0.2, 0.25) is 0 Å². The van der Waals surface area contributed by atoms with Crippen molar-refractivity contribution in [3.05, 3.63) is 42.0 Å². The van der Waals surface area contributed by atoms with Crippen molar-refractivity contribution in [2.75, 3.05) is 5.32 Å². The standard InChI is InChI=1S/C11H10F3N5O/c12-11(13,14)7-1-3-8(4-2-7)18-10(20)15-5-9-16-6-17-19-9/h1-4,6H,5H2,(H2,15,18,20)(H,16,17,19). The fourth-order valence-electron chi connectivity index (χ4n) is 1.40. The van der Waals surface area contributed by atoms with Gasteiger partial charge in [0.05, 0.1) is 12.1 Å². The fourth-order valence-corrected chi connectivity index (χ4v) is 1.40. The summed E-state index contributed by atoms with van der Waals surface area (Å²) in [5, 5.41) is 11.0. The lowest BCUT2D eigenvalue weighted by Gasteiger charge is -2.09. The Balaban J connectivity index is 1.88. The van der Waals surface area contributed by atoms with Crippen LogP contribution >= 0.6 is 0 Å². The zero-order valence-corrected chi connectivity index (χ0v) is 10.0. The van der Waals surface area contributed by atoms with E-state index in [1.807, 2.05) is 0 Å². The first-order valence-corrected chi connectivity index (χ1v) is 5.51. The summed E-state index contributed by atoms with van der Waals surface area (Å²) in [7, 11) is 0. The summed E-state index contributed by atoms with van der Waals surface area (Å²) in [4.78, 5) is 15.3. The average molecular weight is 285 g/mol. The van der Waals surface area contributed by atoms with Gasteiger partial charge in [0.2, 0.25) is 0 Å². The summed E-state index contributed by atoms with van der Waals surface area (Å²) in [5.74, 6) is 0.465. The quantitative estimate of drug-likeness (QED) is 0.808. The highest BCUT2D eigenvalue weighted by atomic mass is 19.4. The lowest BCUT2D eigenvalue weighted by molar-refractivity contribution is -0.137. The van der Waals surface area contributed by atoms with Gasteiger partial charge in [-0.05, 0) is 24.3 Å². The number of halogens is 3. The highest BCUT2D eigenvalue weighted by molar-refractivity contribution is 5.89. The molecule has 0 atom stereocenters. The number of nitrogens with zero attached hydrogens (tertiary/aromatic N) is 2. The second kappa shape index (κ2) is 5.59. The van der Waals surface area contributed by atoms with Gasteiger partial charge in [0.1, 0.15) is 12.2 Å². The van der Waals surface area contributed by atoms with Gasteiger partial charge in [-0.25, -0.2) is 9.78 Å². The van der Waals surface area contributed by atoms with Crippen LogP contribution in [0.4, 0.5) is 23.7 Å². The molecule has 0 unspecified atom stereocenters. The molecule has 0 fully saturated rings. The minimum absolute atomic E-state index is 0.131. The zero-order valence-electron chi connectivity index (χ0n) is 10.0. The number of anilines is 1. The van der Waals surface area contributed by atoms with Crippen molar-refractivity contribution >= 4 is 11.7 Å². The third kappa shape index (κ3) is 3.70. The number of alkyl halides is 3. The predicted octanol–water partition coefficient (Wildman–Crippen LogP) is 2.15. The molecule has 0 spiro atoms. The number of nitrogens with one attached hydrogen (secondary N) is 3. The van der Waals surface area contributed by atoms with Gasteiger partial charge in [-0.1, -0.05) is 0 Å². The third-order valence-corrected chi connectivity index (χ3v) is 2.35. The topological polar surface area (TPSA) is 82.7 Å². The van der Waals surface area contributed by atoms with E-state index in [1.165, 1.54) is 18.5 Å². The van der Waals surface area contributed by atoms with Crippen LogP contribution in [0.5, 0.6) is 0 Å². The molecular weight excluding hydrogens is 275 g/mol. The highest BCUT2D eigenvalue weighted by Crippen LogP contribution is 2.29. The van der Waals surface area contributed by atoms with Crippen LogP contribution < -0.4 is 10.6 Å². The van der Waals surface area contributed by atoms with Gasteiger partial charge >= 0.3 is 12.2 Å². The van der Waals surface area contributed by atoms with E-state index in [0.29, 0.717) is 5.82 Å². The minimum atomic E-state index is -4.40. The number of benzene rings is 1. The van der Waals surface area contributed by atoms with E-state index in [1.54, 1.807) is 0 Å². The fraction of sp³-hybridized carbons (Fsp3) is 0.182. The monoisotopic (exact) mass is 285 g/mol. The Morgan fingerprint density at radius 1 is 1.25 bits per heavy atom. The van der Waals surface area contributed by atoms with Gasteiger partial charge in [0.15, 0.2) is 0 Å². The maximum absolute atomic E-state index is 12.3. The van der Waals surface area contributed by atoms with Crippen molar-refractivity contribution in [3.8, 4) is 0 Å². The molecule has 2 rings (SSSR count). The zero-order chi connectivity index (χ0) is 14.6. The van der Waals surface area contributed by atoms with Crippen LogP contribution in [0.1, 0.15) is 11.4 Å². The van der Waals surface area contributed by atoms with E-state index in [0.717, 1.165) is 12.1 Å². The van der Waals surface area contributed by atoms with Gasteiger partial charge in [-0.2, -0.15) is 18.3 Å². The summed E-state index contributed by atoms with van der Waals surface area (Å²) < 4.78 is 37.0. The first kappa shape index (κ1) is 13.8. The van der Waals surface area contributed by atoms with Gasteiger partial charge in [-0.15, -0.1) is 0 Å². The van der Waals surface area contributed by atoms with Gasteiger partial charge in [0.25, 0.3) is 0 Å². The van der Waals surface area contributed by atoms with Crippen molar-refractivity contribution in [2.45, 2.75) is 12.7 Å². The minimum Gasteiger partial charge on any atom is -0.331 e. The molecule has 2 aromatic rings. The number of carbonyl (C=O) groups excluding carboxylic acids is 1. The Bertz CT molecular complexity index is 565. The Morgan fingerprint density at radius 2 is 1.95 bits per heavy atom. The van der Waals surface area contributed by atoms with Crippen LogP contribution in [0, 0.1) is 0 Å². The molecule has 0 aliphatic rings. The van der Waals surface area contributed by atoms with E-state index in [2.05, 4.69) is 25.8 Å². The van der Waals surface area contributed by atoms with Crippen molar-refractivity contribution in [1.82, 2.24) is 20.5 Å². The summed E-state index contributed by atoms with van der Waals surface area (Å²) in [6, 6.07) is 3.59. The molecular formula is C11H10F3N5O. The number of aromatic nitrogens is 3. The molecule has 9 heteroatoms. The van der Waals surface area contributed by atoms with E-state index in [-0.39, 0.29) is 12.2 Å². The molecule has 20 heavy (non-hydrogen) atoms.